The predicted octanol–water partition coefficient (Wildman–Crippen LogP) is 1.89. The van der Waals surface area contributed by atoms with E-state index in [0.717, 1.165) is 0 Å². The first-order chi connectivity index (χ1) is 4.45. The van der Waals surface area contributed by atoms with E-state index in [1.807, 2.05) is 6.92 Å². The number of hydrogen-bond acceptors (Lipinski definition) is 2. The van der Waals surface area contributed by atoms with E-state index in [9.17, 15) is 4.79 Å². The molecule has 0 N–H and O–H groups in total. The van der Waals surface area contributed by atoms with Gasteiger partial charge in [0.2, 0.25) is 0 Å². The van der Waals surface area contributed by atoms with Crippen LogP contribution in [-0.2, 0) is 9.53 Å². The molecule has 2 nitrogen and oxygen atoms in total. The summed E-state index contributed by atoms with van der Waals surface area (Å²) in [5.74, 6) is -0.0255. The molecule has 0 bridgehead atoms. The van der Waals surface area contributed by atoms with Gasteiger partial charge in [-0.05, 0) is 0 Å². The Balaban J connectivity index is 3.58. The molecule has 0 aromatic rings. The molecule has 0 aromatic heterocycles. The number of rotatable bonds is 3. The summed E-state index contributed by atoms with van der Waals surface area (Å²) in [6, 6.07) is 0. The van der Waals surface area contributed by atoms with Crippen LogP contribution in [0.2, 0.25) is 22.3 Å². The van der Waals surface area contributed by atoms with Crippen molar-refractivity contribution in [2.24, 2.45) is 0 Å². The van der Waals surface area contributed by atoms with E-state index in [1.165, 1.54) is 0 Å². The number of hydrogen-bond donors (Lipinski definition) is 0. The van der Waals surface area contributed by atoms with Crippen LogP contribution in [0.25, 0.3) is 0 Å². The first-order valence-electron chi connectivity index (χ1n) is 3.42. The molecule has 0 atom stereocenters. The molecule has 0 spiro atoms. The van der Waals surface area contributed by atoms with Crippen LogP contribution in [0.3, 0.4) is 0 Å². The number of carbonyl (C=O) groups is 1. The fraction of sp³-hybridized carbons (Fsp3) is 0.857. The molecular weight excluding hydrogens is 191 g/mol. The number of carbonyl (C=O) groups excluding carboxylic acids is 1. The zero-order valence-electron chi connectivity index (χ0n) is 7.18. The van der Waals surface area contributed by atoms with Gasteiger partial charge >= 0.3 is 64.9 Å². The van der Waals surface area contributed by atoms with E-state index < -0.39 is 13.6 Å². The average molecular weight is 207 g/mol. The van der Waals surface area contributed by atoms with Crippen molar-refractivity contribution < 1.29 is 9.53 Å². The molecule has 0 unspecified atom stereocenters. The van der Waals surface area contributed by atoms with Gasteiger partial charge < -0.3 is 0 Å². The van der Waals surface area contributed by atoms with Gasteiger partial charge in [0.15, 0.2) is 0 Å². The predicted molar refractivity (Wildman–Crippen MR) is 44.8 cm³/mol. The van der Waals surface area contributed by atoms with Gasteiger partial charge in [0.25, 0.3) is 0 Å². The van der Waals surface area contributed by atoms with Crippen LogP contribution >= 0.6 is 0 Å². The Morgan fingerprint density at radius 2 is 1.90 bits per heavy atom. The second-order valence-electron chi connectivity index (χ2n) is 3.25. The van der Waals surface area contributed by atoms with Crippen molar-refractivity contribution in [1.29, 1.82) is 0 Å². The molecule has 0 saturated carbocycles. The molecule has 0 heterocycles. The molecule has 0 amide bonds. The van der Waals surface area contributed by atoms with Crippen molar-refractivity contribution in [1.82, 2.24) is 0 Å². The minimum absolute atomic E-state index is 0.0255. The summed E-state index contributed by atoms with van der Waals surface area (Å²) in [5.41, 5.74) is 6.57. The maximum absolute atomic E-state index is 10.9. The van der Waals surface area contributed by atoms with Crippen molar-refractivity contribution >= 4 is 19.5 Å². The van der Waals surface area contributed by atoms with E-state index in [4.69, 9.17) is 4.74 Å². The fourth-order valence-corrected chi connectivity index (χ4v) is 2.41. The molecule has 0 saturated heterocycles. The van der Waals surface area contributed by atoms with Crippen LogP contribution in [0.15, 0.2) is 0 Å². The normalized spacial score (nSPS) is 11.2. The second kappa shape index (κ2) is 4.02. The third-order valence-electron chi connectivity index (χ3n) is 0.909. The Kier molecular flexibility index (Phi) is 4.03. The third kappa shape index (κ3) is 6.15. The molecule has 3 heteroatoms. The average Bonchev–Trinajstić information content (AvgIpc) is 1.59. The van der Waals surface area contributed by atoms with Crippen molar-refractivity contribution in [2.75, 3.05) is 6.61 Å². The first kappa shape index (κ1) is 10.0. The Labute approximate surface area is 65.4 Å². The number of esters is 1. The Hall–Kier alpha value is 0.0284. The quantitative estimate of drug-likeness (QED) is 0.521. The van der Waals surface area contributed by atoms with Crippen molar-refractivity contribution in [3.8, 4) is 0 Å². The summed E-state index contributed by atoms with van der Waals surface area (Å²) in [6.45, 7) is 2.35. The van der Waals surface area contributed by atoms with E-state index in [1.54, 1.807) is 0 Å². The summed E-state index contributed by atoms with van der Waals surface area (Å²) in [7, 11) is 0. The summed E-state index contributed by atoms with van der Waals surface area (Å²) in [5, 5.41) is 0.673. The molecule has 0 fully saturated rings. The van der Waals surface area contributed by atoms with Crippen molar-refractivity contribution in [2.45, 2.75) is 29.3 Å². The van der Waals surface area contributed by atoms with E-state index >= 15 is 0 Å². The molecule has 0 aliphatic heterocycles. The molecule has 1 radical (unpaired) electrons. The first-order valence-corrected chi connectivity index (χ1v) is 10.4. The zero-order chi connectivity index (χ0) is 8.20. The molecular formula is C7H16AsO2. The molecule has 61 valence electrons. The number of ether oxygens (including phenoxy) is 1. The van der Waals surface area contributed by atoms with Gasteiger partial charge in [0, 0.05) is 0 Å². The monoisotopic (exact) mass is 207 g/mol. The maximum atomic E-state index is 10.9. The van der Waals surface area contributed by atoms with Crippen LogP contribution in [0, 0.1) is 0 Å². The second-order valence-corrected chi connectivity index (χ2v) is 13.5. The van der Waals surface area contributed by atoms with Gasteiger partial charge in [-0.3, -0.25) is 0 Å². The molecule has 0 aliphatic carbocycles. The van der Waals surface area contributed by atoms with Gasteiger partial charge in [-0.1, -0.05) is 0 Å². The summed E-state index contributed by atoms with van der Waals surface area (Å²) in [4.78, 5) is 10.9. The van der Waals surface area contributed by atoms with Gasteiger partial charge in [-0.2, -0.15) is 0 Å². The standard InChI is InChI=1S/C7H16AsO2/c1-5-10-7(9)6-8(2,3)4/h5-6H2,1-4H3. The molecule has 10 heavy (non-hydrogen) atoms. The van der Waals surface area contributed by atoms with Crippen LogP contribution in [0.4, 0.5) is 0 Å². The van der Waals surface area contributed by atoms with Gasteiger partial charge in [0.05, 0.1) is 0 Å². The van der Waals surface area contributed by atoms with Crippen LogP contribution in [-0.4, -0.2) is 26.1 Å². The van der Waals surface area contributed by atoms with Crippen molar-refractivity contribution in [3.63, 3.8) is 0 Å². The third-order valence-corrected chi connectivity index (χ3v) is 3.44. The minimum atomic E-state index is -1.54. The van der Waals surface area contributed by atoms with E-state index in [-0.39, 0.29) is 5.97 Å². The van der Waals surface area contributed by atoms with Gasteiger partial charge in [0.1, 0.15) is 0 Å². The molecule has 0 aliphatic rings. The molecule has 0 rings (SSSR count). The summed E-state index contributed by atoms with van der Waals surface area (Å²) in [6.07, 6.45) is 0. The SMILES string of the molecule is CCOC(=O)C[As](C)(C)C. The van der Waals surface area contributed by atoms with Crippen LogP contribution < -0.4 is 0 Å². The Bertz CT molecular complexity index is 115. The Morgan fingerprint density at radius 1 is 1.40 bits per heavy atom. The topological polar surface area (TPSA) is 26.3 Å². The summed E-state index contributed by atoms with van der Waals surface area (Å²) >= 11 is -1.54. The zero-order valence-corrected chi connectivity index (χ0v) is 9.05. The fourth-order valence-electron chi connectivity index (χ4n) is 0.594. The summed E-state index contributed by atoms with van der Waals surface area (Å²) < 4.78 is 4.82. The van der Waals surface area contributed by atoms with E-state index in [2.05, 4.69) is 17.1 Å². The van der Waals surface area contributed by atoms with Crippen molar-refractivity contribution in [3.05, 3.63) is 0 Å². The van der Waals surface area contributed by atoms with Crippen LogP contribution in [0.1, 0.15) is 6.92 Å². The van der Waals surface area contributed by atoms with E-state index in [0.29, 0.717) is 11.8 Å². The van der Waals surface area contributed by atoms with Gasteiger partial charge in [-0.15, -0.1) is 0 Å². The Morgan fingerprint density at radius 3 is 2.20 bits per heavy atom. The van der Waals surface area contributed by atoms with Gasteiger partial charge in [-0.25, -0.2) is 0 Å². The molecule has 0 aromatic carbocycles. The van der Waals surface area contributed by atoms with Crippen LogP contribution in [0.5, 0.6) is 0 Å².